The summed E-state index contributed by atoms with van der Waals surface area (Å²) in [7, 11) is 0. The number of hydrogen-bond donors (Lipinski definition) is 1. The summed E-state index contributed by atoms with van der Waals surface area (Å²) in [6.45, 7) is 5.82. The van der Waals surface area contributed by atoms with Crippen LogP contribution in [0.1, 0.15) is 37.6 Å². The lowest BCUT2D eigenvalue weighted by Gasteiger charge is -2.13. The van der Waals surface area contributed by atoms with Crippen LogP contribution in [0.25, 0.3) is 0 Å². The molecular formula is C11H16N2O2. The Labute approximate surface area is 89.3 Å². The molecule has 0 radical (unpaired) electrons. The van der Waals surface area contributed by atoms with E-state index in [1.165, 1.54) is 0 Å². The van der Waals surface area contributed by atoms with E-state index in [2.05, 4.69) is 10.2 Å². The van der Waals surface area contributed by atoms with Crippen LogP contribution >= 0.6 is 0 Å². The quantitative estimate of drug-likeness (QED) is 0.822. The van der Waals surface area contributed by atoms with Gasteiger partial charge in [-0.3, -0.25) is 4.79 Å². The van der Waals surface area contributed by atoms with Crippen molar-refractivity contribution in [3.05, 3.63) is 23.5 Å². The Bertz CT molecular complexity index is 333. The Balaban J connectivity index is 2.89. The van der Waals surface area contributed by atoms with Crippen LogP contribution in [0.3, 0.4) is 0 Å². The third kappa shape index (κ3) is 3.31. The van der Waals surface area contributed by atoms with E-state index in [-0.39, 0.29) is 0 Å². The minimum atomic E-state index is -0.832. The normalized spacial score (nSPS) is 12.8. The Morgan fingerprint density at radius 2 is 2.07 bits per heavy atom. The van der Waals surface area contributed by atoms with E-state index in [4.69, 9.17) is 5.11 Å². The topological polar surface area (TPSA) is 63.1 Å². The first-order valence-corrected chi connectivity index (χ1v) is 5.03. The number of rotatable bonds is 4. The minimum absolute atomic E-state index is 0.328. The van der Waals surface area contributed by atoms with Crippen molar-refractivity contribution < 1.29 is 9.90 Å². The van der Waals surface area contributed by atoms with Crippen LogP contribution < -0.4 is 0 Å². The van der Waals surface area contributed by atoms with Gasteiger partial charge in [-0.1, -0.05) is 13.8 Å². The van der Waals surface area contributed by atoms with Gasteiger partial charge in [-0.15, -0.1) is 0 Å². The molecule has 0 bridgehead atoms. The molecule has 0 fully saturated rings. The summed E-state index contributed by atoms with van der Waals surface area (Å²) in [5.41, 5.74) is 1.34. The molecule has 0 saturated carbocycles. The van der Waals surface area contributed by atoms with Crippen molar-refractivity contribution in [3.63, 3.8) is 0 Å². The van der Waals surface area contributed by atoms with Crippen molar-refractivity contribution in [1.29, 1.82) is 0 Å². The standard InChI is InChI=1S/C11H16N2O2/c1-7(2)6-9(11(14)15)10-5-4-8(3)12-13-10/h4-5,7,9H,6H2,1-3H3,(H,14,15). The molecule has 0 aliphatic rings. The smallest absolute Gasteiger partial charge is 0.312 e. The number of aromatic nitrogens is 2. The highest BCUT2D eigenvalue weighted by Gasteiger charge is 2.22. The number of carbonyl (C=O) groups is 1. The second-order valence-corrected chi connectivity index (χ2v) is 4.12. The van der Waals surface area contributed by atoms with Gasteiger partial charge >= 0.3 is 5.97 Å². The molecule has 0 aliphatic carbocycles. The molecule has 0 aromatic carbocycles. The zero-order valence-corrected chi connectivity index (χ0v) is 9.27. The second kappa shape index (κ2) is 4.87. The fourth-order valence-corrected chi connectivity index (χ4v) is 1.41. The Morgan fingerprint density at radius 1 is 1.40 bits per heavy atom. The minimum Gasteiger partial charge on any atom is -0.481 e. The van der Waals surface area contributed by atoms with Crippen LogP contribution in [0.2, 0.25) is 0 Å². The van der Waals surface area contributed by atoms with E-state index >= 15 is 0 Å². The van der Waals surface area contributed by atoms with E-state index in [0.717, 1.165) is 5.69 Å². The molecule has 1 N–H and O–H groups in total. The van der Waals surface area contributed by atoms with Gasteiger partial charge in [0.1, 0.15) is 5.92 Å². The molecule has 0 spiro atoms. The Kier molecular flexibility index (Phi) is 3.77. The number of aryl methyl sites for hydroxylation is 1. The highest BCUT2D eigenvalue weighted by Crippen LogP contribution is 2.21. The monoisotopic (exact) mass is 208 g/mol. The molecule has 1 rings (SSSR count). The largest absolute Gasteiger partial charge is 0.481 e. The predicted octanol–water partition coefficient (Wildman–Crippen LogP) is 2.00. The van der Waals surface area contributed by atoms with Gasteiger partial charge in [0.2, 0.25) is 0 Å². The highest BCUT2D eigenvalue weighted by atomic mass is 16.4. The molecule has 1 atom stereocenters. The summed E-state index contributed by atoms with van der Waals surface area (Å²) in [4.78, 5) is 11.1. The van der Waals surface area contributed by atoms with E-state index < -0.39 is 11.9 Å². The summed E-state index contributed by atoms with van der Waals surface area (Å²) in [6, 6.07) is 3.53. The van der Waals surface area contributed by atoms with Gasteiger partial charge < -0.3 is 5.11 Å². The van der Waals surface area contributed by atoms with Crippen LogP contribution in [0.15, 0.2) is 12.1 Å². The zero-order valence-electron chi connectivity index (χ0n) is 9.27. The molecule has 0 aliphatic heterocycles. The molecule has 4 nitrogen and oxygen atoms in total. The first-order chi connectivity index (χ1) is 7.00. The first kappa shape index (κ1) is 11.6. The van der Waals surface area contributed by atoms with Crippen LogP contribution in [0, 0.1) is 12.8 Å². The average Bonchev–Trinajstić information content (AvgIpc) is 2.15. The van der Waals surface area contributed by atoms with E-state index in [1.54, 1.807) is 12.1 Å². The molecular weight excluding hydrogens is 192 g/mol. The maximum absolute atomic E-state index is 11.1. The summed E-state index contributed by atoms with van der Waals surface area (Å²) in [6.07, 6.45) is 0.590. The molecule has 1 aromatic heterocycles. The van der Waals surface area contributed by atoms with Gasteiger partial charge in [0.05, 0.1) is 11.4 Å². The van der Waals surface area contributed by atoms with E-state index in [1.807, 2.05) is 20.8 Å². The van der Waals surface area contributed by atoms with Gasteiger partial charge in [0.15, 0.2) is 0 Å². The number of carboxylic acid groups (broad SMARTS) is 1. The first-order valence-electron chi connectivity index (χ1n) is 5.03. The van der Waals surface area contributed by atoms with Crippen molar-refractivity contribution in [1.82, 2.24) is 10.2 Å². The van der Waals surface area contributed by atoms with Crippen molar-refractivity contribution >= 4 is 5.97 Å². The molecule has 4 heteroatoms. The van der Waals surface area contributed by atoms with Crippen molar-refractivity contribution in [2.24, 2.45) is 5.92 Å². The molecule has 0 amide bonds. The van der Waals surface area contributed by atoms with Crippen LogP contribution in [0.5, 0.6) is 0 Å². The molecule has 1 heterocycles. The van der Waals surface area contributed by atoms with Gasteiger partial charge in [0, 0.05) is 0 Å². The number of aliphatic carboxylic acids is 1. The van der Waals surface area contributed by atoms with Crippen LogP contribution in [-0.4, -0.2) is 21.3 Å². The summed E-state index contributed by atoms with van der Waals surface area (Å²) in [5.74, 6) is -1.05. The molecule has 1 aromatic rings. The molecule has 82 valence electrons. The molecule has 0 saturated heterocycles. The SMILES string of the molecule is Cc1ccc(C(CC(C)C)C(=O)O)nn1. The van der Waals surface area contributed by atoms with Crippen LogP contribution in [-0.2, 0) is 4.79 Å². The molecule has 15 heavy (non-hydrogen) atoms. The lowest BCUT2D eigenvalue weighted by atomic mass is 9.94. The Morgan fingerprint density at radius 3 is 2.47 bits per heavy atom. The second-order valence-electron chi connectivity index (χ2n) is 4.12. The third-order valence-electron chi connectivity index (χ3n) is 2.18. The lowest BCUT2D eigenvalue weighted by Crippen LogP contribution is -2.16. The fraction of sp³-hybridized carbons (Fsp3) is 0.545. The number of carboxylic acids is 1. The summed E-state index contributed by atoms with van der Waals surface area (Å²) >= 11 is 0. The van der Waals surface area contributed by atoms with Gasteiger partial charge in [-0.05, 0) is 31.4 Å². The summed E-state index contributed by atoms with van der Waals surface area (Å²) < 4.78 is 0. The van der Waals surface area contributed by atoms with Gasteiger partial charge in [0.25, 0.3) is 0 Å². The van der Waals surface area contributed by atoms with Gasteiger partial charge in [-0.25, -0.2) is 0 Å². The van der Waals surface area contributed by atoms with Crippen molar-refractivity contribution in [3.8, 4) is 0 Å². The summed E-state index contributed by atoms with van der Waals surface area (Å²) in [5, 5.41) is 16.9. The van der Waals surface area contributed by atoms with Crippen LogP contribution in [0.4, 0.5) is 0 Å². The maximum atomic E-state index is 11.1. The Hall–Kier alpha value is -1.45. The zero-order chi connectivity index (χ0) is 11.4. The number of nitrogens with zero attached hydrogens (tertiary/aromatic N) is 2. The average molecular weight is 208 g/mol. The molecule has 1 unspecified atom stereocenters. The fourth-order valence-electron chi connectivity index (χ4n) is 1.41. The number of hydrogen-bond acceptors (Lipinski definition) is 3. The van der Waals surface area contributed by atoms with Crippen molar-refractivity contribution in [2.75, 3.05) is 0 Å². The maximum Gasteiger partial charge on any atom is 0.312 e. The predicted molar refractivity (Wildman–Crippen MR) is 56.6 cm³/mol. The van der Waals surface area contributed by atoms with Crippen molar-refractivity contribution in [2.45, 2.75) is 33.1 Å². The van der Waals surface area contributed by atoms with Gasteiger partial charge in [-0.2, -0.15) is 10.2 Å². The third-order valence-corrected chi connectivity index (χ3v) is 2.18. The van der Waals surface area contributed by atoms with E-state index in [9.17, 15) is 4.79 Å². The highest BCUT2D eigenvalue weighted by molar-refractivity contribution is 5.75. The lowest BCUT2D eigenvalue weighted by molar-refractivity contribution is -0.139. The van der Waals surface area contributed by atoms with E-state index in [0.29, 0.717) is 18.0 Å².